The normalized spacial score (nSPS) is 38.9. The predicted octanol–water partition coefficient (Wildman–Crippen LogP) is 6.14. The summed E-state index contributed by atoms with van der Waals surface area (Å²) in [6.45, 7) is 12.2. The molecule has 4 fully saturated rings. The highest BCUT2D eigenvalue weighted by molar-refractivity contribution is 5.91. The van der Waals surface area contributed by atoms with Crippen LogP contribution in [0.15, 0.2) is 35.9 Å². The van der Waals surface area contributed by atoms with Crippen LogP contribution in [0.4, 0.5) is 5.69 Å². The minimum Gasteiger partial charge on any atom is -0.378 e. The van der Waals surface area contributed by atoms with Crippen molar-refractivity contribution in [1.82, 2.24) is 0 Å². The summed E-state index contributed by atoms with van der Waals surface area (Å²) in [5, 5.41) is 12.2. The number of hydrogen-bond acceptors (Lipinski definition) is 4. The maximum Gasteiger partial charge on any atom is 0.155 e. The number of rotatable bonds is 2. The lowest BCUT2D eigenvalue weighted by Gasteiger charge is -2.58. The molecule has 5 aliphatic rings. The molecule has 1 aromatic rings. The van der Waals surface area contributed by atoms with Gasteiger partial charge in [0, 0.05) is 36.0 Å². The number of aliphatic hydroxyl groups is 1. The van der Waals surface area contributed by atoms with E-state index in [2.05, 4.69) is 68.7 Å². The van der Waals surface area contributed by atoms with Crippen LogP contribution in [0.2, 0.25) is 0 Å². The zero-order chi connectivity index (χ0) is 26.7. The molecular formula is C34H45NO3. The van der Waals surface area contributed by atoms with Crippen molar-refractivity contribution in [2.45, 2.75) is 84.2 Å². The molecule has 1 N–H and O–H groups in total. The summed E-state index contributed by atoms with van der Waals surface area (Å²) in [6.07, 6.45) is 8.63. The molecule has 6 rings (SSSR count). The second-order valence-corrected chi connectivity index (χ2v) is 14.0. The van der Waals surface area contributed by atoms with Crippen LogP contribution in [0.1, 0.15) is 84.1 Å². The lowest BCUT2D eigenvalue weighted by molar-refractivity contribution is -0.117. The Labute approximate surface area is 229 Å². The van der Waals surface area contributed by atoms with Crippen LogP contribution in [0.25, 0.3) is 0 Å². The van der Waals surface area contributed by atoms with Gasteiger partial charge in [0.25, 0.3) is 0 Å². The Morgan fingerprint density at radius 3 is 2.47 bits per heavy atom. The fraction of sp³-hybridized carbons (Fsp3) is 0.676. The monoisotopic (exact) mass is 515 g/mol. The Balaban J connectivity index is 1.39. The number of fused-ring (bicyclic) bond motifs is 5. The molecule has 1 saturated heterocycles. The zero-order valence-electron chi connectivity index (χ0n) is 23.8. The fourth-order valence-electron chi connectivity index (χ4n) is 8.90. The van der Waals surface area contributed by atoms with Gasteiger partial charge in [-0.25, -0.2) is 0 Å². The third kappa shape index (κ3) is 4.44. The first kappa shape index (κ1) is 26.1. The van der Waals surface area contributed by atoms with Gasteiger partial charge >= 0.3 is 0 Å². The van der Waals surface area contributed by atoms with Crippen molar-refractivity contribution in [1.29, 1.82) is 0 Å². The Hall–Kier alpha value is -2.09. The Kier molecular flexibility index (Phi) is 6.56. The highest BCUT2D eigenvalue weighted by atomic mass is 16.5. The summed E-state index contributed by atoms with van der Waals surface area (Å²) in [5.41, 5.74) is 2.77. The van der Waals surface area contributed by atoms with Gasteiger partial charge in [-0.05, 0) is 113 Å². The van der Waals surface area contributed by atoms with Crippen LogP contribution in [0, 0.1) is 46.3 Å². The Morgan fingerprint density at radius 2 is 1.76 bits per heavy atom. The molecule has 0 spiro atoms. The zero-order valence-corrected chi connectivity index (χ0v) is 23.8. The molecular weight excluding hydrogens is 470 g/mol. The summed E-state index contributed by atoms with van der Waals surface area (Å²) >= 11 is 0. The van der Waals surface area contributed by atoms with Gasteiger partial charge in [-0.15, -0.1) is 0 Å². The largest absolute Gasteiger partial charge is 0.378 e. The molecule has 1 heterocycles. The number of hydrogen-bond donors (Lipinski definition) is 1. The van der Waals surface area contributed by atoms with E-state index in [0.29, 0.717) is 41.8 Å². The van der Waals surface area contributed by atoms with E-state index in [0.717, 1.165) is 64.8 Å². The molecule has 4 aliphatic carbocycles. The molecule has 4 heteroatoms. The smallest absolute Gasteiger partial charge is 0.155 e. The van der Waals surface area contributed by atoms with Gasteiger partial charge in [-0.1, -0.05) is 36.5 Å². The molecule has 204 valence electrons. The Bertz CT molecular complexity index is 1160. The van der Waals surface area contributed by atoms with Gasteiger partial charge in [0.2, 0.25) is 0 Å². The van der Waals surface area contributed by atoms with Crippen molar-refractivity contribution < 1.29 is 14.6 Å². The van der Waals surface area contributed by atoms with Crippen molar-refractivity contribution in [2.24, 2.45) is 34.5 Å². The molecule has 1 aliphatic heterocycles. The first-order valence-corrected chi connectivity index (χ1v) is 15.0. The SMILES string of the molecule is CC(C)(C)C#C[C@]1(O)CC[C@H]2[C@@H]3CCC4=CC(=O)CCC4[C@H]3[C@@H](c3ccc(N4CCOCC4)cc3)C[C@@]21C. The topological polar surface area (TPSA) is 49.8 Å². The number of ketones is 1. The van der Waals surface area contributed by atoms with Gasteiger partial charge < -0.3 is 14.7 Å². The van der Waals surface area contributed by atoms with Crippen molar-refractivity contribution in [3.63, 3.8) is 0 Å². The predicted molar refractivity (Wildman–Crippen MR) is 152 cm³/mol. The Morgan fingerprint density at radius 1 is 1.03 bits per heavy atom. The van der Waals surface area contributed by atoms with Crippen LogP contribution in [-0.4, -0.2) is 42.8 Å². The van der Waals surface area contributed by atoms with Gasteiger partial charge in [0.05, 0.1) is 13.2 Å². The number of allylic oxidation sites excluding steroid dienone is 1. The molecule has 0 aromatic heterocycles. The molecule has 7 atom stereocenters. The number of benzene rings is 1. The number of ether oxygens (including phenoxy) is 1. The second-order valence-electron chi connectivity index (χ2n) is 14.0. The molecule has 3 saturated carbocycles. The lowest BCUT2D eigenvalue weighted by atomic mass is 9.46. The quantitative estimate of drug-likeness (QED) is 0.481. The van der Waals surface area contributed by atoms with Gasteiger partial charge in [-0.2, -0.15) is 0 Å². The molecule has 0 radical (unpaired) electrons. The highest BCUT2D eigenvalue weighted by Gasteiger charge is 2.64. The van der Waals surface area contributed by atoms with Crippen molar-refractivity contribution in [3.8, 4) is 11.8 Å². The van der Waals surface area contributed by atoms with E-state index in [1.165, 1.54) is 16.8 Å². The lowest BCUT2D eigenvalue weighted by Crippen LogP contribution is -2.54. The second kappa shape index (κ2) is 9.53. The molecule has 1 unspecified atom stereocenters. The summed E-state index contributed by atoms with van der Waals surface area (Å²) in [7, 11) is 0. The van der Waals surface area contributed by atoms with E-state index < -0.39 is 5.60 Å². The standard InChI is InChI=1S/C34H45NO3/c1-32(2,3)15-16-34(37)14-13-30-28-11-7-24-21-26(36)10-12-27(24)31(28)29(22-33(30,34)4)23-5-8-25(9-6-23)35-17-19-38-20-18-35/h5-6,8-9,21,27-31,37H,7,10-14,17-20,22H2,1-4H3/t27?,28-,29+,30-,31+,33-,34+/m0/s1. The van der Waals surface area contributed by atoms with Gasteiger partial charge in [-0.3, -0.25) is 4.79 Å². The van der Waals surface area contributed by atoms with E-state index in [1.807, 2.05) is 6.08 Å². The molecule has 0 bridgehead atoms. The first-order valence-electron chi connectivity index (χ1n) is 15.0. The van der Waals surface area contributed by atoms with Crippen molar-refractivity contribution >= 4 is 11.5 Å². The number of morpholine rings is 1. The van der Waals surface area contributed by atoms with E-state index in [1.54, 1.807) is 0 Å². The van der Waals surface area contributed by atoms with Crippen LogP contribution >= 0.6 is 0 Å². The van der Waals surface area contributed by atoms with Crippen LogP contribution in [0.5, 0.6) is 0 Å². The molecule has 0 amide bonds. The maximum absolute atomic E-state index is 12.4. The molecule has 1 aromatic carbocycles. The number of nitrogens with zero attached hydrogens (tertiary/aromatic N) is 1. The molecule has 38 heavy (non-hydrogen) atoms. The average molecular weight is 516 g/mol. The van der Waals surface area contributed by atoms with Crippen LogP contribution in [-0.2, 0) is 9.53 Å². The fourth-order valence-corrected chi connectivity index (χ4v) is 8.90. The summed E-state index contributed by atoms with van der Waals surface area (Å²) in [5.74, 6) is 9.63. The van der Waals surface area contributed by atoms with Crippen LogP contribution in [0.3, 0.4) is 0 Å². The summed E-state index contributed by atoms with van der Waals surface area (Å²) in [4.78, 5) is 14.8. The summed E-state index contributed by atoms with van der Waals surface area (Å²) < 4.78 is 5.56. The summed E-state index contributed by atoms with van der Waals surface area (Å²) in [6, 6.07) is 9.32. The average Bonchev–Trinajstić information content (AvgIpc) is 3.17. The highest BCUT2D eigenvalue weighted by Crippen LogP contribution is 2.68. The minimum atomic E-state index is -0.944. The van der Waals surface area contributed by atoms with Gasteiger partial charge in [0.1, 0.15) is 5.60 Å². The van der Waals surface area contributed by atoms with E-state index in [9.17, 15) is 9.90 Å². The van der Waals surface area contributed by atoms with Crippen LogP contribution < -0.4 is 4.90 Å². The number of carbonyl (C=O) groups excluding carboxylic acids is 1. The first-order chi connectivity index (χ1) is 18.1. The van der Waals surface area contributed by atoms with Gasteiger partial charge in [0.15, 0.2) is 5.78 Å². The maximum atomic E-state index is 12.4. The molecule has 4 nitrogen and oxygen atoms in total. The van der Waals surface area contributed by atoms with Crippen molar-refractivity contribution in [2.75, 3.05) is 31.2 Å². The van der Waals surface area contributed by atoms with Crippen molar-refractivity contribution in [3.05, 3.63) is 41.5 Å². The van der Waals surface area contributed by atoms with E-state index in [-0.39, 0.29) is 10.8 Å². The number of anilines is 1. The van der Waals surface area contributed by atoms with E-state index >= 15 is 0 Å². The number of carbonyl (C=O) groups is 1. The third-order valence-electron chi connectivity index (χ3n) is 10.8. The minimum absolute atomic E-state index is 0.130. The third-order valence-corrected chi connectivity index (χ3v) is 10.8. The van der Waals surface area contributed by atoms with E-state index in [4.69, 9.17) is 4.74 Å².